The lowest BCUT2D eigenvalue weighted by Gasteiger charge is -2.25. The molecule has 27 heavy (non-hydrogen) atoms. The van der Waals surface area contributed by atoms with Crippen molar-refractivity contribution in [1.29, 1.82) is 0 Å². The van der Waals surface area contributed by atoms with Gasteiger partial charge in [0.05, 0.1) is 0 Å². The first-order valence-corrected chi connectivity index (χ1v) is 9.71. The lowest BCUT2D eigenvalue weighted by molar-refractivity contribution is -0.125. The van der Waals surface area contributed by atoms with Gasteiger partial charge in [-0.15, -0.1) is 0 Å². The fraction of sp³-hybridized carbons (Fsp3) is 0.450. The van der Waals surface area contributed by atoms with Crippen molar-refractivity contribution in [3.63, 3.8) is 0 Å². The first-order valence-electron chi connectivity index (χ1n) is 9.33. The summed E-state index contributed by atoms with van der Waals surface area (Å²) in [5.41, 5.74) is 2.78. The van der Waals surface area contributed by atoms with Crippen molar-refractivity contribution in [3.05, 3.63) is 52.1 Å². The Morgan fingerprint density at radius 2 is 2.15 bits per heavy atom. The second-order valence-electron chi connectivity index (χ2n) is 6.71. The van der Waals surface area contributed by atoms with Gasteiger partial charge in [-0.2, -0.15) is 0 Å². The molecule has 1 atom stereocenters. The predicted molar refractivity (Wildman–Crippen MR) is 104 cm³/mol. The fourth-order valence-corrected chi connectivity index (χ4v) is 3.61. The van der Waals surface area contributed by atoms with Crippen LogP contribution in [-0.4, -0.2) is 29.0 Å². The second-order valence-corrected chi connectivity index (χ2v) is 7.11. The van der Waals surface area contributed by atoms with Crippen LogP contribution in [0.15, 0.2) is 24.4 Å². The second kappa shape index (κ2) is 8.65. The van der Waals surface area contributed by atoms with E-state index in [1.165, 1.54) is 12.1 Å². The topological polar surface area (TPSA) is 58.1 Å². The molecule has 0 spiro atoms. The predicted octanol–water partition coefficient (Wildman–Crippen LogP) is 3.54. The van der Waals surface area contributed by atoms with Crippen LogP contribution in [0.4, 0.5) is 10.3 Å². The lowest BCUT2D eigenvalue weighted by atomic mass is 9.86. The standard InChI is InChI=1S/C20H24ClFN4O/c1-3-26(4-2)20-24-12-15-9-13(6-8-18(15)25-20)19(27)23-11-14-5-7-16(22)10-17(14)21/h5,7,10,12-13H,3-4,6,8-9,11H2,1-2H3,(H,23,27)/t13-/m1/s1. The van der Waals surface area contributed by atoms with Crippen LogP contribution >= 0.6 is 11.6 Å². The number of hydrogen-bond donors (Lipinski definition) is 1. The molecule has 1 N–H and O–H groups in total. The number of anilines is 1. The Morgan fingerprint density at radius 3 is 2.85 bits per heavy atom. The number of aryl methyl sites for hydroxylation is 1. The third kappa shape index (κ3) is 4.56. The zero-order valence-corrected chi connectivity index (χ0v) is 16.4. The van der Waals surface area contributed by atoms with Crippen LogP contribution in [0.1, 0.15) is 37.1 Å². The molecule has 3 rings (SSSR count). The van der Waals surface area contributed by atoms with E-state index < -0.39 is 0 Å². The third-order valence-electron chi connectivity index (χ3n) is 5.02. The van der Waals surface area contributed by atoms with E-state index in [1.54, 1.807) is 6.07 Å². The number of benzene rings is 1. The molecule has 0 saturated heterocycles. The molecule has 0 bridgehead atoms. The minimum Gasteiger partial charge on any atom is -0.352 e. The van der Waals surface area contributed by atoms with E-state index in [9.17, 15) is 9.18 Å². The van der Waals surface area contributed by atoms with Gasteiger partial charge in [0.25, 0.3) is 0 Å². The molecule has 7 heteroatoms. The van der Waals surface area contributed by atoms with Gasteiger partial charge in [-0.1, -0.05) is 17.7 Å². The third-order valence-corrected chi connectivity index (χ3v) is 5.37. The van der Waals surface area contributed by atoms with Gasteiger partial charge in [-0.3, -0.25) is 4.79 Å². The van der Waals surface area contributed by atoms with Crippen molar-refractivity contribution in [3.8, 4) is 0 Å². The molecule has 1 heterocycles. The fourth-order valence-electron chi connectivity index (χ4n) is 3.37. The van der Waals surface area contributed by atoms with Crippen LogP contribution in [0, 0.1) is 11.7 Å². The number of fused-ring (bicyclic) bond motifs is 1. The quantitative estimate of drug-likeness (QED) is 0.819. The lowest BCUT2D eigenvalue weighted by Crippen LogP contribution is -2.34. The molecule has 5 nitrogen and oxygen atoms in total. The Bertz CT molecular complexity index is 826. The van der Waals surface area contributed by atoms with Crippen molar-refractivity contribution >= 4 is 23.5 Å². The number of rotatable bonds is 6. The zero-order chi connectivity index (χ0) is 19.4. The highest BCUT2D eigenvalue weighted by atomic mass is 35.5. The van der Waals surface area contributed by atoms with Crippen molar-refractivity contribution in [1.82, 2.24) is 15.3 Å². The van der Waals surface area contributed by atoms with Gasteiger partial charge in [0.15, 0.2) is 0 Å². The summed E-state index contributed by atoms with van der Waals surface area (Å²) >= 11 is 6.02. The Balaban J connectivity index is 1.62. The van der Waals surface area contributed by atoms with Gasteiger partial charge in [0, 0.05) is 42.5 Å². The monoisotopic (exact) mass is 390 g/mol. The molecule has 144 valence electrons. The maximum atomic E-state index is 13.1. The zero-order valence-electron chi connectivity index (χ0n) is 15.6. The van der Waals surface area contributed by atoms with Gasteiger partial charge >= 0.3 is 0 Å². The normalized spacial score (nSPS) is 15.9. The Labute approximate surface area is 164 Å². The number of halogens is 2. The minimum absolute atomic E-state index is 0.0196. The Hall–Kier alpha value is -2.21. The van der Waals surface area contributed by atoms with Gasteiger partial charge in [0.2, 0.25) is 11.9 Å². The van der Waals surface area contributed by atoms with E-state index in [4.69, 9.17) is 16.6 Å². The highest BCUT2D eigenvalue weighted by Gasteiger charge is 2.26. The summed E-state index contributed by atoms with van der Waals surface area (Å²) in [6, 6.07) is 4.19. The number of hydrogen-bond acceptors (Lipinski definition) is 4. The van der Waals surface area contributed by atoms with Crippen LogP contribution in [0.5, 0.6) is 0 Å². The summed E-state index contributed by atoms with van der Waals surface area (Å²) < 4.78 is 13.1. The molecule has 1 aromatic heterocycles. The molecule has 0 aliphatic heterocycles. The number of carbonyl (C=O) groups excluding carboxylic acids is 1. The molecular weight excluding hydrogens is 367 g/mol. The number of nitrogens with one attached hydrogen (secondary N) is 1. The Morgan fingerprint density at radius 1 is 1.37 bits per heavy atom. The maximum absolute atomic E-state index is 13.1. The van der Waals surface area contributed by atoms with Crippen molar-refractivity contribution in [2.75, 3.05) is 18.0 Å². The molecule has 1 aliphatic rings. The highest BCUT2D eigenvalue weighted by molar-refractivity contribution is 6.31. The largest absolute Gasteiger partial charge is 0.352 e. The van der Waals surface area contributed by atoms with Crippen molar-refractivity contribution in [2.45, 2.75) is 39.7 Å². The molecule has 1 aromatic carbocycles. The molecule has 0 unspecified atom stereocenters. The van der Waals surface area contributed by atoms with E-state index in [0.29, 0.717) is 23.6 Å². The summed E-state index contributed by atoms with van der Waals surface area (Å²) in [5, 5.41) is 3.23. The molecule has 0 saturated carbocycles. The minimum atomic E-state index is -0.386. The first kappa shape index (κ1) is 19.5. The molecule has 1 amide bonds. The van der Waals surface area contributed by atoms with Gasteiger partial charge in [-0.25, -0.2) is 14.4 Å². The summed E-state index contributed by atoms with van der Waals surface area (Å²) in [5.74, 6) is 0.240. The molecular formula is C20H24ClFN4O. The van der Waals surface area contributed by atoms with E-state index in [2.05, 4.69) is 29.0 Å². The van der Waals surface area contributed by atoms with E-state index in [0.717, 1.165) is 43.1 Å². The van der Waals surface area contributed by atoms with E-state index in [-0.39, 0.29) is 17.6 Å². The smallest absolute Gasteiger partial charge is 0.225 e. The Kier molecular flexibility index (Phi) is 6.26. The molecule has 0 fully saturated rings. The first-order chi connectivity index (χ1) is 13.0. The number of amides is 1. The summed E-state index contributed by atoms with van der Waals surface area (Å²) in [7, 11) is 0. The van der Waals surface area contributed by atoms with Crippen molar-refractivity contribution in [2.24, 2.45) is 5.92 Å². The highest BCUT2D eigenvalue weighted by Crippen LogP contribution is 2.26. The number of aromatic nitrogens is 2. The summed E-state index contributed by atoms with van der Waals surface area (Å²) in [6.45, 7) is 6.19. The maximum Gasteiger partial charge on any atom is 0.225 e. The van der Waals surface area contributed by atoms with Gasteiger partial charge < -0.3 is 10.2 Å². The number of nitrogens with zero attached hydrogens (tertiary/aromatic N) is 3. The average molecular weight is 391 g/mol. The van der Waals surface area contributed by atoms with Crippen LogP contribution in [0.25, 0.3) is 0 Å². The average Bonchev–Trinajstić information content (AvgIpc) is 2.67. The van der Waals surface area contributed by atoms with Crippen LogP contribution < -0.4 is 10.2 Å². The van der Waals surface area contributed by atoms with Gasteiger partial charge in [0.1, 0.15) is 5.82 Å². The summed E-state index contributed by atoms with van der Waals surface area (Å²) in [4.78, 5) is 23.8. The summed E-state index contributed by atoms with van der Waals surface area (Å²) in [6.07, 6.45) is 4.01. The van der Waals surface area contributed by atoms with Crippen molar-refractivity contribution < 1.29 is 9.18 Å². The van der Waals surface area contributed by atoms with E-state index in [1.807, 2.05) is 6.20 Å². The molecule has 1 aliphatic carbocycles. The number of carbonyl (C=O) groups is 1. The van der Waals surface area contributed by atoms with Crippen LogP contribution in [-0.2, 0) is 24.2 Å². The SMILES string of the molecule is CCN(CC)c1ncc2c(n1)CC[C@@H](C(=O)NCc1ccc(F)cc1Cl)C2. The van der Waals surface area contributed by atoms with E-state index >= 15 is 0 Å². The van der Waals surface area contributed by atoms with Gasteiger partial charge in [-0.05, 0) is 56.4 Å². The molecule has 0 radical (unpaired) electrons. The van der Waals surface area contributed by atoms with Crippen LogP contribution in [0.2, 0.25) is 5.02 Å². The van der Waals surface area contributed by atoms with Crippen LogP contribution in [0.3, 0.4) is 0 Å². The molecule has 2 aromatic rings.